The van der Waals surface area contributed by atoms with Gasteiger partial charge in [0.05, 0.1) is 0 Å². The van der Waals surface area contributed by atoms with Crippen molar-refractivity contribution >= 4 is 51.2 Å². The van der Waals surface area contributed by atoms with E-state index in [9.17, 15) is 0 Å². The molecule has 0 aliphatic heterocycles. The van der Waals surface area contributed by atoms with Crippen LogP contribution in [0.2, 0.25) is 13.1 Å². The van der Waals surface area contributed by atoms with E-state index >= 15 is 0 Å². The molecule has 3 unspecified atom stereocenters. The normalized spacial score (nSPS) is 18.2. The van der Waals surface area contributed by atoms with Gasteiger partial charge in [-0.1, -0.05) is 0 Å². The van der Waals surface area contributed by atoms with Crippen LogP contribution in [0.25, 0.3) is 56.0 Å². The third-order valence-electron chi connectivity index (χ3n) is 12.0. The molecule has 0 N–H and O–H groups in total. The number of allylic oxidation sites excluding steroid dienone is 2. The minimum absolute atomic E-state index is 0.000381. The van der Waals surface area contributed by atoms with Crippen molar-refractivity contribution in [2.24, 2.45) is 0 Å². The maximum atomic E-state index is 8.28. The van der Waals surface area contributed by atoms with Crippen LogP contribution in [0.3, 0.4) is 0 Å². The quantitative estimate of drug-likeness (QED) is 0.112. The number of benzene rings is 7. The van der Waals surface area contributed by atoms with Gasteiger partial charge in [-0.15, -0.1) is 0 Å². The van der Waals surface area contributed by atoms with Gasteiger partial charge in [0.2, 0.25) is 0 Å². The number of halogens is 1. The van der Waals surface area contributed by atoms with Gasteiger partial charge in [-0.2, -0.15) is 0 Å². The van der Waals surface area contributed by atoms with E-state index in [1.54, 1.807) is 0 Å². The molecular formula is C49H42ClSiZr. The topological polar surface area (TPSA) is 0 Å². The van der Waals surface area contributed by atoms with Gasteiger partial charge in [0.15, 0.2) is 0 Å². The van der Waals surface area contributed by atoms with Gasteiger partial charge in [0, 0.05) is 0 Å². The summed E-state index contributed by atoms with van der Waals surface area (Å²) in [5.41, 5.74) is 15.4. The molecule has 1 radical (unpaired) electrons. The molecule has 52 heavy (non-hydrogen) atoms. The van der Waals surface area contributed by atoms with Crippen LogP contribution in [-0.2, 0) is 19.4 Å². The molecular weight excluding hydrogens is 743 g/mol. The van der Waals surface area contributed by atoms with Crippen molar-refractivity contribution in [3.8, 4) is 22.3 Å². The third kappa shape index (κ3) is 5.17. The van der Waals surface area contributed by atoms with Crippen LogP contribution in [0.4, 0.5) is 0 Å². The second kappa shape index (κ2) is 13.4. The molecule has 0 spiro atoms. The summed E-state index contributed by atoms with van der Waals surface area (Å²) in [7, 11) is 0. The Hall–Kier alpha value is -4.07. The Morgan fingerprint density at radius 3 is 1.37 bits per heavy atom. The molecule has 0 fully saturated rings. The fourth-order valence-corrected chi connectivity index (χ4v) is 46.9. The molecule has 0 aromatic heterocycles. The average molecular weight is 786 g/mol. The van der Waals surface area contributed by atoms with E-state index in [1.807, 2.05) is 0 Å². The monoisotopic (exact) mass is 783 g/mol. The van der Waals surface area contributed by atoms with Gasteiger partial charge in [0.25, 0.3) is 0 Å². The molecule has 0 heterocycles. The van der Waals surface area contributed by atoms with Crippen molar-refractivity contribution in [2.45, 2.75) is 37.3 Å². The van der Waals surface area contributed by atoms with Gasteiger partial charge in [-0.3, -0.25) is 0 Å². The van der Waals surface area contributed by atoms with Gasteiger partial charge in [-0.05, 0) is 0 Å². The first-order chi connectivity index (χ1) is 25.4. The van der Waals surface area contributed by atoms with Crippen LogP contribution in [0.15, 0.2) is 163 Å². The molecule has 2 aliphatic carbocycles. The predicted molar refractivity (Wildman–Crippen MR) is 224 cm³/mol. The summed E-state index contributed by atoms with van der Waals surface area (Å²) in [5.74, 6) is -0.918. The standard InChI is InChI=1S/2C20H15.C7H6Cl.C2H6Si.Zr/c2*1-14-12-16-8-5-11-19(20(16)13-14)18-10-4-7-15-6-2-3-9-17(15)18;8-6-7-4-2-1-3-5-7;1-3-2;/h2*2-13H,1H3;1-6H;1-2H3;. The molecule has 2 aliphatic rings. The van der Waals surface area contributed by atoms with Gasteiger partial charge in [-0.25, -0.2) is 0 Å². The summed E-state index contributed by atoms with van der Waals surface area (Å²) in [6.07, 6.45) is 5.09. The van der Waals surface area contributed by atoms with Crippen LogP contribution in [0, 0.1) is 0 Å². The van der Waals surface area contributed by atoms with E-state index in [2.05, 4.69) is 191 Å². The fourth-order valence-electron chi connectivity index (χ4n) is 9.95. The van der Waals surface area contributed by atoms with Crippen molar-refractivity contribution in [3.63, 3.8) is 0 Å². The average Bonchev–Trinajstić information content (AvgIpc) is 3.71. The zero-order valence-electron chi connectivity index (χ0n) is 30.2. The number of alkyl halides is 1. The second-order valence-electron chi connectivity index (χ2n) is 15.0. The van der Waals surface area contributed by atoms with Crippen LogP contribution >= 0.6 is 11.6 Å². The Bertz CT molecular complexity index is 2400. The van der Waals surface area contributed by atoms with E-state index in [1.165, 1.54) is 82.8 Å². The Labute approximate surface area is 318 Å². The number of fused-ring (bicyclic) bond motifs is 4. The summed E-state index contributed by atoms with van der Waals surface area (Å²) < 4.78 is 0.707. The van der Waals surface area contributed by atoms with Gasteiger partial charge >= 0.3 is 321 Å². The number of hydrogen-bond acceptors (Lipinski definition) is 0. The zero-order valence-corrected chi connectivity index (χ0v) is 34.4. The molecule has 9 rings (SSSR count). The molecule has 0 amide bonds. The Kier molecular flexibility index (Phi) is 8.70. The molecule has 253 valence electrons. The van der Waals surface area contributed by atoms with Crippen LogP contribution < -0.4 is 0 Å². The fraction of sp³-hybridized carbons (Fsp3) is 0.143. The molecule has 0 saturated carbocycles. The molecule has 0 nitrogen and oxygen atoms in total. The number of hydrogen-bond donors (Lipinski definition) is 0. The van der Waals surface area contributed by atoms with Crippen molar-refractivity contribution in [1.29, 1.82) is 0 Å². The third-order valence-corrected chi connectivity index (χ3v) is 46.5. The van der Waals surface area contributed by atoms with Gasteiger partial charge < -0.3 is 0 Å². The number of rotatable bonds is 7. The molecule has 3 atom stereocenters. The first-order valence-corrected chi connectivity index (χ1v) is 29.4. The van der Waals surface area contributed by atoms with E-state index in [0.29, 0.717) is 7.25 Å². The van der Waals surface area contributed by atoms with Gasteiger partial charge in [0.1, 0.15) is 0 Å². The van der Waals surface area contributed by atoms with Crippen LogP contribution in [0.1, 0.15) is 52.0 Å². The molecule has 0 bridgehead atoms. The predicted octanol–water partition coefficient (Wildman–Crippen LogP) is 14.3. The van der Waals surface area contributed by atoms with E-state index in [-0.39, 0.29) is 3.08 Å². The van der Waals surface area contributed by atoms with Crippen molar-refractivity contribution in [1.82, 2.24) is 0 Å². The van der Waals surface area contributed by atoms with E-state index < -0.39 is 25.4 Å². The van der Waals surface area contributed by atoms with Crippen LogP contribution in [0.5, 0.6) is 0 Å². The Balaban J connectivity index is 1.29. The summed E-state index contributed by atoms with van der Waals surface area (Å²) in [6.45, 7) is 10.1. The minimum atomic E-state index is -3.79. The maximum absolute atomic E-state index is 8.28. The first kappa shape index (κ1) is 33.7. The van der Waals surface area contributed by atoms with Crippen molar-refractivity contribution < 1.29 is 19.4 Å². The SMILES string of the molecule is CC1=Cc2c(-c3cccc4ccccc34)cccc2[CH]1[Zr]([CH](Cl)c1ccccc1)([CH]1C(C)=Cc2c(-c3cccc4ccccc34)cccc21)[Si](C)C. The summed E-state index contributed by atoms with van der Waals surface area (Å²) >= 11 is 4.49. The summed E-state index contributed by atoms with van der Waals surface area (Å²) in [5, 5.41) is 5.18. The summed E-state index contributed by atoms with van der Waals surface area (Å²) in [6, 6.07) is 56.5. The van der Waals surface area contributed by atoms with Crippen molar-refractivity contribution in [2.75, 3.05) is 0 Å². The summed E-state index contributed by atoms with van der Waals surface area (Å²) in [4.78, 5) is 0. The molecule has 7 aromatic rings. The molecule has 3 heteroatoms. The molecule has 7 aromatic carbocycles. The van der Waals surface area contributed by atoms with Crippen LogP contribution in [-0.4, -0.2) is 5.92 Å². The first-order valence-electron chi connectivity index (χ1n) is 18.5. The molecule has 0 saturated heterocycles. The van der Waals surface area contributed by atoms with Crippen molar-refractivity contribution in [3.05, 3.63) is 191 Å². The van der Waals surface area contributed by atoms with E-state index in [0.717, 1.165) is 0 Å². The zero-order chi connectivity index (χ0) is 35.6. The Morgan fingerprint density at radius 1 is 0.481 bits per heavy atom. The second-order valence-corrected chi connectivity index (χ2v) is 39.7. The van der Waals surface area contributed by atoms with E-state index in [4.69, 9.17) is 11.6 Å². The Morgan fingerprint density at radius 2 is 0.885 bits per heavy atom.